The van der Waals surface area contributed by atoms with Crippen molar-refractivity contribution in [2.24, 2.45) is 0 Å². The molecule has 3 heteroatoms. The van der Waals surface area contributed by atoms with Crippen LogP contribution in [0.1, 0.15) is 46.5 Å². The molecule has 0 aromatic carbocycles. The zero-order valence-electron chi connectivity index (χ0n) is 12.7. The lowest BCUT2D eigenvalue weighted by molar-refractivity contribution is 0.130. The number of nitrogens with one attached hydrogen (secondary N) is 1. The molecule has 1 saturated heterocycles. The molecule has 0 amide bonds. The van der Waals surface area contributed by atoms with Crippen LogP contribution in [0.15, 0.2) is 0 Å². The summed E-state index contributed by atoms with van der Waals surface area (Å²) in [6.45, 7) is 15.6. The fourth-order valence-corrected chi connectivity index (χ4v) is 2.79. The summed E-state index contributed by atoms with van der Waals surface area (Å²) in [6.07, 6.45) is 5.35. The van der Waals surface area contributed by atoms with E-state index in [0.29, 0.717) is 6.04 Å². The topological polar surface area (TPSA) is 18.5 Å². The Morgan fingerprint density at radius 1 is 0.944 bits per heavy atom. The maximum absolute atomic E-state index is 3.48. The summed E-state index contributed by atoms with van der Waals surface area (Å²) < 4.78 is 0. The Bertz CT molecular complexity index is 188. The Labute approximate surface area is 114 Å². The molecule has 1 fully saturated rings. The van der Waals surface area contributed by atoms with Crippen LogP contribution in [-0.4, -0.2) is 61.7 Å². The molecule has 108 valence electrons. The minimum absolute atomic E-state index is 0.691. The summed E-state index contributed by atoms with van der Waals surface area (Å²) in [5.74, 6) is 0. The molecule has 0 spiro atoms. The Hall–Kier alpha value is -0.120. The Balaban J connectivity index is 1.97. The Morgan fingerprint density at radius 3 is 2.11 bits per heavy atom. The summed E-state index contributed by atoms with van der Waals surface area (Å²) in [6, 6.07) is 0.691. The average Bonchev–Trinajstić information content (AvgIpc) is 2.37. The third-order valence-corrected chi connectivity index (χ3v) is 3.92. The van der Waals surface area contributed by atoms with Crippen LogP contribution >= 0.6 is 0 Å². The van der Waals surface area contributed by atoms with Gasteiger partial charge in [0.15, 0.2) is 0 Å². The van der Waals surface area contributed by atoms with Crippen molar-refractivity contribution in [1.82, 2.24) is 15.1 Å². The maximum Gasteiger partial charge on any atom is 0.0110 e. The highest BCUT2D eigenvalue weighted by atomic mass is 15.3. The van der Waals surface area contributed by atoms with Crippen molar-refractivity contribution in [3.8, 4) is 0 Å². The van der Waals surface area contributed by atoms with Crippen LogP contribution in [-0.2, 0) is 0 Å². The van der Waals surface area contributed by atoms with E-state index in [1.165, 1.54) is 65.0 Å². The molecule has 1 N–H and O–H groups in total. The second-order valence-corrected chi connectivity index (χ2v) is 5.64. The van der Waals surface area contributed by atoms with Gasteiger partial charge in [0.1, 0.15) is 0 Å². The molecular weight excluding hydrogens is 222 g/mol. The summed E-state index contributed by atoms with van der Waals surface area (Å²) >= 11 is 0. The molecule has 18 heavy (non-hydrogen) atoms. The summed E-state index contributed by atoms with van der Waals surface area (Å²) in [7, 11) is 0. The molecule has 0 aromatic heterocycles. The third-order valence-electron chi connectivity index (χ3n) is 3.92. The van der Waals surface area contributed by atoms with Gasteiger partial charge in [0, 0.05) is 32.2 Å². The van der Waals surface area contributed by atoms with Crippen molar-refractivity contribution in [2.75, 3.05) is 45.8 Å². The number of hydrogen-bond acceptors (Lipinski definition) is 3. The first-order chi connectivity index (χ1) is 8.76. The first-order valence-electron chi connectivity index (χ1n) is 7.94. The molecular formula is C15H33N3. The average molecular weight is 255 g/mol. The number of piperazine rings is 1. The van der Waals surface area contributed by atoms with Gasteiger partial charge in [-0.25, -0.2) is 0 Å². The summed E-state index contributed by atoms with van der Waals surface area (Å²) in [4.78, 5) is 5.24. The number of hydrogen-bond donors (Lipinski definition) is 1. The highest BCUT2D eigenvalue weighted by Gasteiger charge is 2.15. The third kappa shape index (κ3) is 6.72. The van der Waals surface area contributed by atoms with Crippen molar-refractivity contribution >= 4 is 0 Å². The van der Waals surface area contributed by atoms with Gasteiger partial charge in [-0.3, -0.25) is 0 Å². The largest absolute Gasteiger partial charge is 0.315 e. The first kappa shape index (κ1) is 15.9. The Morgan fingerprint density at radius 2 is 1.56 bits per heavy atom. The van der Waals surface area contributed by atoms with E-state index in [1.54, 1.807) is 0 Å². The SMILES string of the molecule is CCCN1CCN(CCCCC(C)NCC)CC1. The van der Waals surface area contributed by atoms with Crippen LogP contribution in [0.5, 0.6) is 0 Å². The van der Waals surface area contributed by atoms with Crippen molar-refractivity contribution < 1.29 is 0 Å². The highest BCUT2D eigenvalue weighted by Crippen LogP contribution is 2.06. The van der Waals surface area contributed by atoms with Gasteiger partial charge in [0.05, 0.1) is 0 Å². The minimum Gasteiger partial charge on any atom is -0.315 e. The lowest BCUT2D eigenvalue weighted by Gasteiger charge is -2.34. The quantitative estimate of drug-likeness (QED) is 0.637. The molecule has 1 rings (SSSR count). The fraction of sp³-hybridized carbons (Fsp3) is 1.00. The molecule has 0 aromatic rings. The van der Waals surface area contributed by atoms with E-state index in [4.69, 9.17) is 0 Å². The molecule has 0 saturated carbocycles. The number of rotatable bonds is 9. The zero-order chi connectivity index (χ0) is 13.2. The second-order valence-electron chi connectivity index (χ2n) is 5.64. The van der Waals surface area contributed by atoms with Crippen molar-refractivity contribution in [3.05, 3.63) is 0 Å². The predicted octanol–water partition coefficient (Wildman–Crippen LogP) is 2.18. The van der Waals surface area contributed by atoms with Crippen LogP contribution in [0.25, 0.3) is 0 Å². The van der Waals surface area contributed by atoms with Gasteiger partial charge >= 0.3 is 0 Å². The van der Waals surface area contributed by atoms with E-state index in [1.807, 2.05) is 0 Å². The number of unbranched alkanes of at least 4 members (excludes halogenated alkanes) is 1. The van der Waals surface area contributed by atoms with Gasteiger partial charge in [-0.1, -0.05) is 20.3 Å². The normalized spacial score (nSPS) is 20.2. The van der Waals surface area contributed by atoms with Gasteiger partial charge in [-0.05, 0) is 45.8 Å². The van der Waals surface area contributed by atoms with Gasteiger partial charge in [-0.2, -0.15) is 0 Å². The van der Waals surface area contributed by atoms with Gasteiger partial charge in [0.2, 0.25) is 0 Å². The lowest BCUT2D eigenvalue weighted by Crippen LogP contribution is -2.46. The van der Waals surface area contributed by atoms with Crippen LogP contribution in [0.4, 0.5) is 0 Å². The molecule has 0 bridgehead atoms. The van der Waals surface area contributed by atoms with E-state index in [-0.39, 0.29) is 0 Å². The predicted molar refractivity (Wildman–Crippen MR) is 80.2 cm³/mol. The lowest BCUT2D eigenvalue weighted by atomic mass is 10.1. The van der Waals surface area contributed by atoms with Crippen LogP contribution < -0.4 is 5.32 Å². The second kappa shape index (κ2) is 9.76. The summed E-state index contributed by atoms with van der Waals surface area (Å²) in [5, 5.41) is 3.48. The number of nitrogens with zero attached hydrogens (tertiary/aromatic N) is 2. The van der Waals surface area contributed by atoms with Crippen LogP contribution in [0.3, 0.4) is 0 Å². The van der Waals surface area contributed by atoms with E-state index in [0.717, 1.165) is 6.54 Å². The molecule has 1 aliphatic heterocycles. The Kier molecular flexibility index (Phi) is 8.64. The molecule has 1 atom stereocenters. The fourth-order valence-electron chi connectivity index (χ4n) is 2.79. The molecule has 0 radical (unpaired) electrons. The van der Waals surface area contributed by atoms with E-state index >= 15 is 0 Å². The molecule has 1 unspecified atom stereocenters. The smallest absolute Gasteiger partial charge is 0.0110 e. The van der Waals surface area contributed by atoms with Gasteiger partial charge in [0.25, 0.3) is 0 Å². The maximum atomic E-state index is 3.48. The molecule has 1 aliphatic rings. The van der Waals surface area contributed by atoms with Crippen molar-refractivity contribution in [3.63, 3.8) is 0 Å². The monoisotopic (exact) mass is 255 g/mol. The minimum atomic E-state index is 0.691. The first-order valence-corrected chi connectivity index (χ1v) is 7.94. The van der Waals surface area contributed by atoms with E-state index in [2.05, 4.69) is 35.9 Å². The molecule has 3 nitrogen and oxygen atoms in total. The zero-order valence-corrected chi connectivity index (χ0v) is 12.7. The molecule has 0 aliphatic carbocycles. The van der Waals surface area contributed by atoms with Crippen molar-refractivity contribution in [1.29, 1.82) is 0 Å². The van der Waals surface area contributed by atoms with Crippen LogP contribution in [0.2, 0.25) is 0 Å². The summed E-state index contributed by atoms with van der Waals surface area (Å²) in [5.41, 5.74) is 0. The standard InChI is InChI=1S/C15H33N3/c1-4-9-17-11-13-18(14-12-17)10-7-6-8-15(3)16-5-2/h15-16H,4-14H2,1-3H3. The van der Waals surface area contributed by atoms with E-state index < -0.39 is 0 Å². The molecule has 1 heterocycles. The van der Waals surface area contributed by atoms with E-state index in [9.17, 15) is 0 Å². The van der Waals surface area contributed by atoms with Gasteiger partial charge in [-0.15, -0.1) is 0 Å². The van der Waals surface area contributed by atoms with Crippen molar-refractivity contribution in [2.45, 2.75) is 52.5 Å². The van der Waals surface area contributed by atoms with Gasteiger partial charge < -0.3 is 15.1 Å². The highest BCUT2D eigenvalue weighted by molar-refractivity contribution is 4.71. The van der Waals surface area contributed by atoms with Crippen LogP contribution in [0, 0.1) is 0 Å².